The summed E-state index contributed by atoms with van der Waals surface area (Å²) in [6.45, 7) is 40.6. The summed E-state index contributed by atoms with van der Waals surface area (Å²) in [6.07, 6.45) is 1.22. The van der Waals surface area contributed by atoms with E-state index in [2.05, 4.69) is 62.7 Å². The van der Waals surface area contributed by atoms with Gasteiger partial charge in [0.1, 0.15) is 54.6 Å². The van der Waals surface area contributed by atoms with Crippen molar-refractivity contribution in [3.05, 3.63) is 102 Å². The van der Waals surface area contributed by atoms with Crippen LogP contribution in [0.5, 0.6) is 5.75 Å². The number of esters is 1. The summed E-state index contributed by atoms with van der Waals surface area (Å²) in [6, 6.07) is 16.5. The van der Waals surface area contributed by atoms with Crippen molar-refractivity contribution in [3.8, 4) is 5.75 Å². The number of amides is 8. The Balaban J connectivity index is 0.000000616. The van der Waals surface area contributed by atoms with E-state index in [1.807, 2.05) is 69.3 Å². The van der Waals surface area contributed by atoms with Crippen LogP contribution in [-0.2, 0) is 104 Å². The average molecular weight is 1700 g/mol. The molecule has 684 valence electrons. The van der Waals surface area contributed by atoms with Gasteiger partial charge in [0.2, 0.25) is 41.4 Å². The van der Waals surface area contributed by atoms with Crippen LogP contribution >= 0.6 is 0 Å². The highest BCUT2D eigenvalue weighted by atomic mass is 16.6. The number of hydrogen-bond donors (Lipinski definition) is 5. The minimum Gasteiger partial charge on any atom is -0.491 e. The lowest BCUT2D eigenvalue weighted by Crippen LogP contribution is -2.63. The molecular weight excluding hydrogens is 1550 g/mol. The van der Waals surface area contributed by atoms with Crippen molar-refractivity contribution in [2.45, 2.75) is 235 Å². The zero-order valence-corrected chi connectivity index (χ0v) is 76.6. The molecule has 0 aromatic heterocycles. The standard InChI is InChI=1S/C60H92N8O11.C32H58O10/c1-17-38(9)46-57(75)65(14)47(36(5)6)52(70)61-42(32-35(3)4)55(73)67(16)50(60(11,12)78)59(77)79-49(39(10)18-2)58(76)66(15)48(37(7)8)53(71)62-43(33-40-26-21-19-22-27-40)54(72)64(13)45(34-41-28-23-20-24-29-41)56(74)68-31-25-30-44(68)51(69)63-46;1-31(2,3)28-32(4,5)29-6-8-30(9-7-29)42-27-26-41-25-24-40-23-22-39-21-20-38-19-18-37-17-16-36-15-14-35-13-12-34-11-10-33/h19-24,26-29,35-39,42-50,78H,17-18,25,30-34H2,1-16H3,(H,61,70)(H,62,71)(H,63,69);6-9,33H,10-28H2,1-5H3/t38-,39+,42-,43-,44-,45-,46-,47-,48-,49+,50-;/m0./s1. The number of cyclic esters (lactones) is 1. The first-order valence-corrected chi connectivity index (χ1v) is 43.5. The number of ether oxygens (including phenoxy) is 10. The molecule has 0 unspecified atom stereocenters. The maximum Gasteiger partial charge on any atom is 0.332 e. The Bertz CT molecular complexity index is 3540. The Morgan fingerprint density at radius 3 is 1.31 bits per heavy atom. The largest absolute Gasteiger partial charge is 0.491 e. The van der Waals surface area contributed by atoms with Gasteiger partial charge in [-0.05, 0) is 109 Å². The first-order valence-electron chi connectivity index (χ1n) is 43.5. The number of carbonyl (C=O) groups is 9. The predicted octanol–water partition coefficient (Wildman–Crippen LogP) is 8.28. The van der Waals surface area contributed by atoms with Crippen LogP contribution in [0.15, 0.2) is 84.9 Å². The number of benzene rings is 3. The van der Waals surface area contributed by atoms with Gasteiger partial charge < -0.3 is 98.0 Å². The molecule has 5 rings (SSSR count). The van der Waals surface area contributed by atoms with Crippen LogP contribution in [0.3, 0.4) is 0 Å². The highest BCUT2D eigenvalue weighted by Gasteiger charge is 2.48. The van der Waals surface area contributed by atoms with Gasteiger partial charge in [-0.15, -0.1) is 0 Å². The highest BCUT2D eigenvalue weighted by molar-refractivity contribution is 5.99. The van der Waals surface area contributed by atoms with Crippen molar-refractivity contribution >= 4 is 53.2 Å². The molecule has 0 saturated carbocycles. The summed E-state index contributed by atoms with van der Waals surface area (Å²) in [7, 11) is 5.67. The van der Waals surface area contributed by atoms with Crippen molar-refractivity contribution in [2.24, 2.45) is 35.0 Å². The van der Waals surface area contributed by atoms with Crippen molar-refractivity contribution in [1.29, 1.82) is 0 Å². The molecule has 2 fully saturated rings. The smallest absolute Gasteiger partial charge is 0.332 e. The zero-order valence-electron chi connectivity index (χ0n) is 76.6. The number of likely N-dealkylation sites (N-methyl/N-ethyl adjacent to an activating group) is 4. The van der Waals surface area contributed by atoms with Crippen LogP contribution in [0.2, 0.25) is 0 Å². The molecule has 0 aliphatic carbocycles. The second kappa shape index (κ2) is 54.1. The molecular formula is C92H150N8O21. The number of nitrogens with zero attached hydrogens (tertiary/aromatic N) is 5. The molecule has 11 atom stereocenters. The Kier molecular flexibility index (Phi) is 47.3. The highest BCUT2D eigenvalue weighted by Crippen LogP contribution is 2.37. The fourth-order valence-corrected chi connectivity index (χ4v) is 15.3. The summed E-state index contributed by atoms with van der Waals surface area (Å²) in [4.78, 5) is 140. The van der Waals surface area contributed by atoms with Gasteiger partial charge in [-0.3, -0.25) is 38.4 Å². The van der Waals surface area contributed by atoms with Crippen molar-refractivity contribution in [2.75, 3.05) is 154 Å². The Hall–Kier alpha value is -7.71. The predicted molar refractivity (Wildman–Crippen MR) is 464 cm³/mol. The van der Waals surface area contributed by atoms with Gasteiger partial charge in [-0.1, -0.05) is 183 Å². The second-order valence-corrected chi connectivity index (χ2v) is 35.3. The lowest BCUT2D eigenvalue weighted by atomic mass is 9.72. The number of aliphatic hydroxyl groups is 2. The van der Waals surface area contributed by atoms with Crippen molar-refractivity contribution < 1.29 is 101 Å². The molecule has 3 aromatic carbocycles. The lowest BCUT2D eigenvalue weighted by molar-refractivity contribution is -0.177. The summed E-state index contributed by atoms with van der Waals surface area (Å²) in [5.74, 6) is -7.79. The number of nitrogens with one attached hydrogen (secondary N) is 3. The van der Waals surface area contributed by atoms with Crippen molar-refractivity contribution in [3.63, 3.8) is 0 Å². The van der Waals surface area contributed by atoms with E-state index in [1.54, 1.807) is 72.7 Å². The number of carbonyl (C=O) groups excluding carboxylic acids is 9. The summed E-state index contributed by atoms with van der Waals surface area (Å²) in [5.41, 5.74) is 1.19. The lowest BCUT2D eigenvalue weighted by Gasteiger charge is -2.39. The monoisotopic (exact) mass is 1700 g/mol. The Morgan fingerprint density at radius 2 is 0.893 bits per heavy atom. The van der Waals surface area contributed by atoms with Gasteiger partial charge in [0.05, 0.1) is 118 Å². The molecule has 2 aliphatic rings. The quantitative estimate of drug-likeness (QED) is 0.0263. The fraction of sp³-hybridized carbons (Fsp3) is 0.707. The Morgan fingerprint density at radius 1 is 0.471 bits per heavy atom. The first kappa shape index (κ1) is 106. The first-order chi connectivity index (χ1) is 57.2. The van der Waals surface area contributed by atoms with Crippen LogP contribution in [0.1, 0.15) is 173 Å². The van der Waals surface area contributed by atoms with E-state index in [-0.39, 0.29) is 55.6 Å². The van der Waals surface area contributed by atoms with Gasteiger partial charge >= 0.3 is 5.97 Å². The zero-order chi connectivity index (χ0) is 90.2. The minimum absolute atomic E-state index is 0.00676. The SMILES string of the molecule is CC(C)(C)CC(C)(C)c1ccc(OCCOCCOCCOCCOCCOCCOCCOCCOCCO)cc1.CC[C@@H](C)[C@H]1OC(=O)[C@@H](C(C)(C)O)N(C)C(=O)[C@H](CC(C)C)NC(=O)[C@H](C(C)C)N(C)C(=O)[C@H]([C@@H](C)CC)NC(=O)[C@@H]2CCCN2C(=O)[C@H](Cc2ccccc2)N(C)C(=O)[C@H](Cc2ccccc2)NC(=O)[C@H](C(C)C)N(C)C1=O. The van der Waals surface area contributed by atoms with Gasteiger partial charge in [-0.25, -0.2) is 4.79 Å². The number of fused-ring (bicyclic) bond motifs is 1. The van der Waals surface area contributed by atoms with E-state index in [9.17, 15) is 38.7 Å². The number of aliphatic hydroxyl groups excluding tert-OH is 1. The van der Waals surface area contributed by atoms with Crippen LogP contribution in [0, 0.1) is 35.0 Å². The maximum atomic E-state index is 15.3. The summed E-state index contributed by atoms with van der Waals surface area (Å²) >= 11 is 0. The summed E-state index contributed by atoms with van der Waals surface area (Å²) in [5, 5.41) is 29.0. The Labute approximate surface area is 721 Å². The molecule has 0 radical (unpaired) electrons. The van der Waals surface area contributed by atoms with Crippen LogP contribution in [0.4, 0.5) is 0 Å². The summed E-state index contributed by atoms with van der Waals surface area (Å²) < 4.78 is 55.2. The van der Waals surface area contributed by atoms with E-state index in [0.717, 1.165) is 22.6 Å². The molecule has 0 bridgehead atoms. The molecule has 29 heteroatoms. The average Bonchev–Trinajstić information content (AvgIpc) is 1.79. The molecule has 2 aliphatic heterocycles. The minimum atomic E-state index is -1.97. The van der Waals surface area contributed by atoms with Gasteiger partial charge in [0, 0.05) is 53.5 Å². The van der Waals surface area contributed by atoms with E-state index in [1.165, 1.54) is 67.2 Å². The second-order valence-electron chi connectivity index (χ2n) is 35.3. The molecule has 2 saturated heterocycles. The topological polar surface area (TPSA) is 339 Å². The molecule has 5 N–H and O–H groups in total. The van der Waals surface area contributed by atoms with Crippen LogP contribution in [-0.4, -0.2) is 302 Å². The van der Waals surface area contributed by atoms with E-state index >= 15 is 9.59 Å². The van der Waals surface area contributed by atoms with Crippen LogP contribution in [0.25, 0.3) is 0 Å². The number of rotatable bonds is 42. The van der Waals surface area contributed by atoms with Crippen LogP contribution < -0.4 is 20.7 Å². The molecule has 121 heavy (non-hydrogen) atoms. The molecule has 3 aromatic rings. The fourth-order valence-electron chi connectivity index (χ4n) is 15.3. The van der Waals surface area contributed by atoms with Gasteiger partial charge in [-0.2, -0.15) is 0 Å². The molecule has 0 spiro atoms. The van der Waals surface area contributed by atoms with E-state index < -0.39 is 137 Å². The van der Waals surface area contributed by atoms with Crippen molar-refractivity contribution in [1.82, 2.24) is 40.4 Å². The van der Waals surface area contributed by atoms with E-state index in [4.69, 9.17) is 52.5 Å². The van der Waals surface area contributed by atoms with Gasteiger partial charge in [0.15, 0.2) is 12.1 Å². The maximum absolute atomic E-state index is 15.3. The third kappa shape index (κ3) is 36.2. The molecule has 8 amide bonds. The number of hydrogen-bond acceptors (Lipinski definition) is 21. The van der Waals surface area contributed by atoms with E-state index in [0.29, 0.717) is 137 Å². The normalized spacial score (nSPS) is 21.6. The van der Waals surface area contributed by atoms with Gasteiger partial charge in [0.25, 0.3) is 5.91 Å². The molecule has 29 nitrogen and oxygen atoms in total. The third-order valence-electron chi connectivity index (χ3n) is 21.8. The third-order valence-corrected chi connectivity index (χ3v) is 21.8. The molecule has 2 heterocycles.